The first-order chi connectivity index (χ1) is 10.2. The number of aliphatic hydroxyl groups is 1. The van der Waals surface area contributed by atoms with Crippen molar-refractivity contribution in [3.63, 3.8) is 0 Å². The van der Waals surface area contributed by atoms with E-state index in [0.717, 1.165) is 37.0 Å². The molecule has 2 heterocycles. The highest BCUT2D eigenvalue weighted by Gasteiger charge is 2.26. The minimum Gasteiger partial charge on any atom is -0.394 e. The van der Waals surface area contributed by atoms with Crippen LogP contribution in [0.2, 0.25) is 0 Å². The number of likely N-dealkylation sites (tertiary alicyclic amines) is 1. The van der Waals surface area contributed by atoms with Crippen molar-refractivity contribution in [2.24, 2.45) is 0 Å². The van der Waals surface area contributed by atoms with Gasteiger partial charge in [0.25, 0.3) is 0 Å². The fraction of sp³-hybridized carbons (Fsp3) is 0.471. The van der Waals surface area contributed by atoms with Gasteiger partial charge in [-0.25, -0.2) is 0 Å². The SMILES string of the molecule is Cc1cc2ccccc2n1CC(=O)N1CCCCC1CO. The maximum absolute atomic E-state index is 12.6. The summed E-state index contributed by atoms with van der Waals surface area (Å²) in [6, 6.07) is 10.2. The summed E-state index contributed by atoms with van der Waals surface area (Å²) in [5.74, 6) is 0.109. The third kappa shape index (κ3) is 2.68. The summed E-state index contributed by atoms with van der Waals surface area (Å²) < 4.78 is 2.07. The Hall–Kier alpha value is -1.81. The van der Waals surface area contributed by atoms with E-state index in [9.17, 15) is 9.90 Å². The van der Waals surface area contributed by atoms with Crippen LogP contribution in [0.15, 0.2) is 30.3 Å². The van der Waals surface area contributed by atoms with E-state index in [0.29, 0.717) is 6.54 Å². The second-order valence-electron chi connectivity index (χ2n) is 5.85. The smallest absolute Gasteiger partial charge is 0.242 e. The Kier molecular flexibility index (Phi) is 3.97. The fourth-order valence-electron chi connectivity index (χ4n) is 3.30. The summed E-state index contributed by atoms with van der Waals surface area (Å²) >= 11 is 0. The molecule has 0 saturated carbocycles. The van der Waals surface area contributed by atoms with Crippen LogP contribution in [0.3, 0.4) is 0 Å². The number of amides is 1. The molecule has 4 nitrogen and oxygen atoms in total. The Morgan fingerprint density at radius 1 is 1.33 bits per heavy atom. The molecule has 4 heteroatoms. The molecule has 0 bridgehead atoms. The number of hydrogen-bond donors (Lipinski definition) is 1. The molecule has 1 saturated heterocycles. The number of aliphatic hydroxyl groups excluding tert-OH is 1. The number of benzene rings is 1. The zero-order valence-electron chi connectivity index (χ0n) is 12.5. The van der Waals surface area contributed by atoms with E-state index in [1.54, 1.807) is 0 Å². The first kappa shape index (κ1) is 14.1. The van der Waals surface area contributed by atoms with E-state index >= 15 is 0 Å². The molecule has 1 N–H and O–H groups in total. The number of carbonyl (C=O) groups is 1. The summed E-state index contributed by atoms with van der Waals surface area (Å²) in [5, 5.41) is 10.6. The predicted molar refractivity (Wildman–Crippen MR) is 83.1 cm³/mol. The average Bonchev–Trinajstić information content (AvgIpc) is 2.83. The van der Waals surface area contributed by atoms with Crippen molar-refractivity contribution in [3.8, 4) is 0 Å². The quantitative estimate of drug-likeness (QED) is 0.941. The highest BCUT2D eigenvalue weighted by molar-refractivity contribution is 5.84. The molecule has 1 aromatic heterocycles. The van der Waals surface area contributed by atoms with Crippen LogP contribution in [0.4, 0.5) is 0 Å². The normalized spacial score (nSPS) is 19.1. The first-order valence-corrected chi connectivity index (χ1v) is 7.66. The van der Waals surface area contributed by atoms with Crippen molar-refractivity contribution >= 4 is 16.8 Å². The van der Waals surface area contributed by atoms with Crippen molar-refractivity contribution in [2.75, 3.05) is 13.2 Å². The molecule has 1 fully saturated rings. The van der Waals surface area contributed by atoms with Crippen LogP contribution in [0.5, 0.6) is 0 Å². The molecule has 2 aromatic rings. The van der Waals surface area contributed by atoms with Gasteiger partial charge in [0.05, 0.1) is 12.6 Å². The van der Waals surface area contributed by atoms with Gasteiger partial charge in [0.2, 0.25) is 5.91 Å². The average molecular weight is 286 g/mol. The van der Waals surface area contributed by atoms with Crippen LogP contribution in [0.25, 0.3) is 10.9 Å². The van der Waals surface area contributed by atoms with Gasteiger partial charge in [0, 0.05) is 17.8 Å². The number of hydrogen-bond acceptors (Lipinski definition) is 2. The van der Waals surface area contributed by atoms with Crippen molar-refractivity contribution in [2.45, 2.75) is 38.8 Å². The van der Waals surface area contributed by atoms with Gasteiger partial charge in [0.1, 0.15) is 6.54 Å². The third-order valence-electron chi connectivity index (χ3n) is 4.47. The molecule has 0 aliphatic carbocycles. The number of nitrogens with zero attached hydrogens (tertiary/aromatic N) is 2. The fourth-order valence-corrected chi connectivity index (χ4v) is 3.30. The molecule has 21 heavy (non-hydrogen) atoms. The minimum absolute atomic E-state index is 0.00613. The molecule has 1 atom stereocenters. The minimum atomic E-state index is -0.00613. The molecule has 112 valence electrons. The van der Waals surface area contributed by atoms with Crippen LogP contribution in [0.1, 0.15) is 25.0 Å². The zero-order chi connectivity index (χ0) is 14.8. The predicted octanol–water partition coefficient (Wildman–Crippen LogP) is 2.32. The highest BCUT2D eigenvalue weighted by Crippen LogP contribution is 2.21. The van der Waals surface area contributed by atoms with E-state index < -0.39 is 0 Å². The molecule has 1 unspecified atom stereocenters. The molecule has 0 radical (unpaired) electrons. The van der Waals surface area contributed by atoms with Gasteiger partial charge in [-0.3, -0.25) is 4.79 Å². The van der Waals surface area contributed by atoms with E-state index in [4.69, 9.17) is 0 Å². The lowest BCUT2D eigenvalue weighted by Crippen LogP contribution is -2.46. The Labute approximate surface area is 125 Å². The van der Waals surface area contributed by atoms with Crippen molar-refractivity contribution in [1.29, 1.82) is 0 Å². The van der Waals surface area contributed by atoms with E-state index in [-0.39, 0.29) is 18.6 Å². The summed E-state index contributed by atoms with van der Waals surface area (Å²) in [5.41, 5.74) is 2.20. The summed E-state index contributed by atoms with van der Waals surface area (Å²) in [6.45, 7) is 3.22. The maximum Gasteiger partial charge on any atom is 0.242 e. The van der Waals surface area contributed by atoms with Crippen LogP contribution >= 0.6 is 0 Å². The summed E-state index contributed by atoms with van der Waals surface area (Å²) in [4.78, 5) is 14.5. The molecule has 0 spiro atoms. The van der Waals surface area contributed by atoms with Gasteiger partial charge in [-0.15, -0.1) is 0 Å². The Morgan fingerprint density at radius 3 is 2.95 bits per heavy atom. The maximum atomic E-state index is 12.6. The van der Waals surface area contributed by atoms with Crippen molar-refractivity contribution < 1.29 is 9.90 Å². The van der Waals surface area contributed by atoms with Gasteiger partial charge in [-0.2, -0.15) is 0 Å². The molecular formula is C17H22N2O2. The van der Waals surface area contributed by atoms with Crippen molar-refractivity contribution in [1.82, 2.24) is 9.47 Å². The number of aromatic nitrogens is 1. The second-order valence-corrected chi connectivity index (χ2v) is 5.85. The number of rotatable bonds is 3. The zero-order valence-corrected chi connectivity index (χ0v) is 12.5. The van der Waals surface area contributed by atoms with Crippen molar-refractivity contribution in [3.05, 3.63) is 36.0 Å². The Bertz CT molecular complexity index is 647. The topological polar surface area (TPSA) is 45.5 Å². The number of para-hydroxylation sites is 1. The Balaban J connectivity index is 1.84. The van der Waals surface area contributed by atoms with Gasteiger partial charge in [-0.05, 0) is 43.7 Å². The number of piperidine rings is 1. The summed E-state index contributed by atoms with van der Waals surface area (Å²) in [6.07, 6.45) is 3.04. The van der Waals surface area contributed by atoms with Gasteiger partial charge in [-0.1, -0.05) is 18.2 Å². The standard InChI is InChI=1S/C17H22N2O2/c1-13-10-14-6-2-3-8-16(14)19(13)11-17(21)18-9-5-4-7-15(18)12-20/h2-3,6,8,10,15,20H,4-5,7,9,11-12H2,1H3. The number of aryl methyl sites for hydroxylation is 1. The second kappa shape index (κ2) is 5.90. The van der Waals surface area contributed by atoms with Crippen LogP contribution < -0.4 is 0 Å². The number of fused-ring (bicyclic) bond motifs is 1. The molecule has 1 aromatic carbocycles. The lowest BCUT2D eigenvalue weighted by Gasteiger charge is -2.35. The monoisotopic (exact) mass is 286 g/mol. The van der Waals surface area contributed by atoms with E-state index in [2.05, 4.69) is 22.8 Å². The lowest BCUT2D eigenvalue weighted by molar-refractivity contribution is -0.136. The highest BCUT2D eigenvalue weighted by atomic mass is 16.3. The van der Waals surface area contributed by atoms with Gasteiger partial charge >= 0.3 is 0 Å². The van der Waals surface area contributed by atoms with Gasteiger partial charge < -0.3 is 14.6 Å². The third-order valence-corrected chi connectivity index (χ3v) is 4.47. The first-order valence-electron chi connectivity index (χ1n) is 7.66. The van der Waals surface area contributed by atoms with Crippen LogP contribution in [-0.2, 0) is 11.3 Å². The molecule has 1 aliphatic rings. The molecule has 3 rings (SSSR count). The Morgan fingerprint density at radius 2 is 2.14 bits per heavy atom. The molecule has 1 amide bonds. The largest absolute Gasteiger partial charge is 0.394 e. The van der Waals surface area contributed by atoms with Crippen LogP contribution in [-0.4, -0.2) is 39.7 Å². The number of carbonyl (C=O) groups excluding carboxylic acids is 1. The molecule has 1 aliphatic heterocycles. The van der Waals surface area contributed by atoms with Gasteiger partial charge in [0.15, 0.2) is 0 Å². The summed E-state index contributed by atoms with van der Waals surface area (Å²) in [7, 11) is 0. The van der Waals surface area contributed by atoms with E-state index in [1.807, 2.05) is 24.0 Å². The van der Waals surface area contributed by atoms with E-state index in [1.165, 1.54) is 5.39 Å². The molecular weight excluding hydrogens is 264 g/mol. The lowest BCUT2D eigenvalue weighted by atomic mass is 10.0. The van der Waals surface area contributed by atoms with Crippen LogP contribution in [0, 0.1) is 6.92 Å².